The van der Waals surface area contributed by atoms with Gasteiger partial charge in [-0.15, -0.1) is 10.2 Å². The lowest BCUT2D eigenvalue weighted by Gasteiger charge is -2.35. The molecule has 0 aromatic carbocycles. The number of pyridine rings is 1. The summed E-state index contributed by atoms with van der Waals surface area (Å²) in [6.45, 7) is 4.87. The van der Waals surface area contributed by atoms with Crippen LogP contribution in [0, 0.1) is 6.92 Å². The largest absolute Gasteiger partial charge is 0.419 e. The molecule has 1 aliphatic rings. The predicted molar refractivity (Wildman–Crippen MR) is 103 cm³/mol. The molecule has 1 saturated heterocycles. The first-order valence-corrected chi connectivity index (χ1v) is 9.37. The van der Waals surface area contributed by atoms with Crippen molar-refractivity contribution in [3.8, 4) is 11.6 Å². The Morgan fingerprint density at radius 2 is 2.00 bits per heavy atom. The van der Waals surface area contributed by atoms with E-state index in [9.17, 15) is 4.79 Å². The van der Waals surface area contributed by atoms with E-state index in [0.717, 1.165) is 30.3 Å². The molecule has 1 amide bonds. The number of carbonyl (C=O) groups excluding carboxylic acids is 1. The average molecular weight is 381 g/mol. The highest BCUT2D eigenvalue weighted by atomic mass is 16.4. The van der Waals surface area contributed by atoms with Crippen LogP contribution in [-0.4, -0.2) is 61.9 Å². The van der Waals surface area contributed by atoms with Crippen LogP contribution in [0.15, 0.2) is 34.9 Å². The average Bonchev–Trinajstić information content (AvgIpc) is 3.32. The van der Waals surface area contributed by atoms with Crippen LogP contribution in [-0.2, 0) is 18.3 Å². The van der Waals surface area contributed by atoms with Crippen LogP contribution in [0.5, 0.6) is 0 Å². The SMILES string of the molecule is Cc1cc(-c2nnc(CCC(=O)N3CCN(c4ccccn4)CC3)o2)n(C)n1. The lowest BCUT2D eigenvalue weighted by molar-refractivity contribution is -0.131. The van der Waals surface area contributed by atoms with Crippen molar-refractivity contribution in [2.45, 2.75) is 19.8 Å². The van der Waals surface area contributed by atoms with Gasteiger partial charge in [0.25, 0.3) is 5.89 Å². The van der Waals surface area contributed by atoms with Crippen molar-refractivity contribution in [1.82, 2.24) is 29.9 Å². The van der Waals surface area contributed by atoms with Crippen LogP contribution in [0.4, 0.5) is 5.82 Å². The summed E-state index contributed by atoms with van der Waals surface area (Å²) in [7, 11) is 1.83. The summed E-state index contributed by atoms with van der Waals surface area (Å²) in [5.74, 6) is 1.96. The minimum atomic E-state index is 0.108. The maximum atomic E-state index is 12.5. The monoisotopic (exact) mass is 381 g/mol. The number of aromatic nitrogens is 5. The first-order valence-electron chi connectivity index (χ1n) is 9.37. The zero-order valence-electron chi connectivity index (χ0n) is 16.1. The van der Waals surface area contributed by atoms with Crippen molar-refractivity contribution in [2.75, 3.05) is 31.1 Å². The number of hydrogen-bond donors (Lipinski definition) is 0. The standard InChI is InChI=1S/C19H23N7O2/c1-14-13-15(24(2)23-14)19-22-21-17(28-19)6-7-18(27)26-11-9-25(10-12-26)16-5-3-4-8-20-16/h3-5,8,13H,6-7,9-12H2,1-2H3. The van der Waals surface area contributed by atoms with Crippen LogP contribution >= 0.6 is 0 Å². The molecule has 0 unspecified atom stereocenters. The molecule has 3 aromatic rings. The molecular weight excluding hydrogens is 358 g/mol. The van der Waals surface area contributed by atoms with E-state index < -0.39 is 0 Å². The summed E-state index contributed by atoms with van der Waals surface area (Å²) >= 11 is 0. The van der Waals surface area contributed by atoms with E-state index in [4.69, 9.17) is 4.42 Å². The molecule has 0 N–H and O–H groups in total. The van der Waals surface area contributed by atoms with E-state index in [1.54, 1.807) is 10.9 Å². The molecule has 4 heterocycles. The van der Waals surface area contributed by atoms with Gasteiger partial charge >= 0.3 is 0 Å². The van der Waals surface area contributed by atoms with Gasteiger partial charge in [-0.05, 0) is 25.1 Å². The topological polar surface area (TPSA) is 93.2 Å². The molecule has 9 heteroatoms. The third kappa shape index (κ3) is 3.88. The first kappa shape index (κ1) is 18.1. The summed E-state index contributed by atoms with van der Waals surface area (Å²) in [5.41, 5.74) is 1.66. The van der Waals surface area contributed by atoms with Crippen LogP contribution in [0.1, 0.15) is 18.0 Å². The molecule has 4 rings (SSSR count). The Kier molecular flexibility index (Phi) is 5.05. The number of anilines is 1. The molecular formula is C19H23N7O2. The molecule has 0 atom stereocenters. The lowest BCUT2D eigenvalue weighted by atomic mass is 10.2. The molecule has 0 aliphatic carbocycles. The molecule has 3 aromatic heterocycles. The summed E-state index contributed by atoms with van der Waals surface area (Å²) in [5, 5.41) is 12.4. The summed E-state index contributed by atoms with van der Waals surface area (Å²) in [6, 6.07) is 7.77. The van der Waals surface area contributed by atoms with E-state index >= 15 is 0 Å². The highest BCUT2D eigenvalue weighted by molar-refractivity contribution is 5.76. The number of hydrogen-bond acceptors (Lipinski definition) is 7. The Morgan fingerprint density at radius 3 is 2.68 bits per heavy atom. The molecule has 146 valence electrons. The van der Waals surface area contributed by atoms with E-state index in [1.807, 2.05) is 43.1 Å². The van der Waals surface area contributed by atoms with Crippen LogP contribution in [0.3, 0.4) is 0 Å². The Hall–Kier alpha value is -3.23. The van der Waals surface area contributed by atoms with E-state index in [2.05, 4.69) is 25.2 Å². The highest BCUT2D eigenvalue weighted by Crippen LogP contribution is 2.19. The van der Waals surface area contributed by atoms with E-state index in [0.29, 0.717) is 37.7 Å². The summed E-state index contributed by atoms with van der Waals surface area (Å²) in [4.78, 5) is 21.0. The molecule has 0 radical (unpaired) electrons. The van der Waals surface area contributed by atoms with Gasteiger partial charge in [0.2, 0.25) is 11.8 Å². The van der Waals surface area contributed by atoms with Gasteiger partial charge in [-0.1, -0.05) is 6.07 Å². The minimum absolute atomic E-state index is 0.108. The molecule has 28 heavy (non-hydrogen) atoms. The normalized spacial score (nSPS) is 14.5. The van der Waals surface area contributed by atoms with Gasteiger partial charge in [-0.2, -0.15) is 5.10 Å². The van der Waals surface area contributed by atoms with Gasteiger partial charge in [0, 0.05) is 52.3 Å². The van der Waals surface area contributed by atoms with Gasteiger partial charge in [0.15, 0.2) is 0 Å². The third-order valence-corrected chi connectivity index (χ3v) is 4.85. The van der Waals surface area contributed by atoms with Crippen LogP contribution < -0.4 is 4.90 Å². The van der Waals surface area contributed by atoms with Crippen LogP contribution in [0.2, 0.25) is 0 Å². The van der Waals surface area contributed by atoms with E-state index in [-0.39, 0.29) is 5.91 Å². The highest BCUT2D eigenvalue weighted by Gasteiger charge is 2.22. The first-order chi connectivity index (χ1) is 13.6. The number of carbonyl (C=O) groups is 1. The second-order valence-corrected chi connectivity index (χ2v) is 6.85. The minimum Gasteiger partial charge on any atom is -0.419 e. The second-order valence-electron chi connectivity index (χ2n) is 6.85. The number of aryl methyl sites for hydroxylation is 3. The lowest BCUT2D eigenvalue weighted by Crippen LogP contribution is -2.49. The molecule has 1 aliphatic heterocycles. The van der Waals surface area contributed by atoms with Gasteiger partial charge in [0.1, 0.15) is 11.5 Å². The maximum Gasteiger partial charge on any atom is 0.265 e. The molecule has 0 bridgehead atoms. The zero-order valence-corrected chi connectivity index (χ0v) is 16.1. The quantitative estimate of drug-likeness (QED) is 0.660. The maximum absolute atomic E-state index is 12.5. The molecule has 0 saturated carbocycles. The van der Waals surface area contributed by atoms with Crippen molar-refractivity contribution in [2.24, 2.45) is 7.05 Å². The molecule has 9 nitrogen and oxygen atoms in total. The predicted octanol–water partition coefficient (Wildman–Crippen LogP) is 1.45. The Morgan fingerprint density at radius 1 is 1.18 bits per heavy atom. The van der Waals surface area contributed by atoms with E-state index in [1.165, 1.54) is 0 Å². The summed E-state index contributed by atoms with van der Waals surface area (Å²) in [6.07, 6.45) is 2.58. The molecule has 1 fully saturated rings. The summed E-state index contributed by atoms with van der Waals surface area (Å²) < 4.78 is 7.41. The van der Waals surface area contributed by atoms with Crippen molar-refractivity contribution >= 4 is 11.7 Å². The zero-order chi connectivity index (χ0) is 19.5. The Labute approximate surface area is 163 Å². The van der Waals surface area contributed by atoms with Crippen molar-refractivity contribution < 1.29 is 9.21 Å². The fourth-order valence-corrected chi connectivity index (χ4v) is 3.37. The number of amides is 1. The second kappa shape index (κ2) is 7.79. The number of nitrogens with zero attached hydrogens (tertiary/aromatic N) is 7. The third-order valence-electron chi connectivity index (χ3n) is 4.85. The van der Waals surface area contributed by atoms with Gasteiger partial charge < -0.3 is 14.2 Å². The van der Waals surface area contributed by atoms with Crippen LogP contribution in [0.25, 0.3) is 11.6 Å². The van der Waals surface area contributed by atoms with Gasteiger partial charge in [-0.25, -0.2) is 4.98 Å². The van der Waals surface area contributed by atoms with Gasteiger partial charge in [-0.3, -0.25) is 9.48 Å². The van der Waals surface area contributed by atoms with Crippen molar-refractivity contribution in [3.05, 3.63) is 42.0 Å². The van der Waals surface area contributed by atoms with Gasteiger partial charge in [0.05, 0.1) is 5.69 Å². The fraction of sp³-hybridized carbons (Fsp3) is 0.421. The number of piperazine rings is 1. The molecule has 0 spiro atoms. The van der Waals surface area contributed by atoms with Crippen molar-refractivity contribution in [3.63, 3.8) is 0 Å². The smallest absolute Gasteiger partial charge is 0.265 e. The van der Waals surface area contributed by atoms with Crippen molar-refractivity contribution in [1.29, 1.82) is 0 Å². The Bertz CT molecular complexity index is 942. The number of rotatable bonds is 5. The fourth-order valence-electron chi connectivity index (χ4n) is 3.37. The Balaban J connectivity index is 1.29.